The van der Waals surface area contributed by atoms with Gasteiger partial charge in [0.1, 0.15) is 5.75 Å². The zero-order valence-electron chi connectivity index (χ0n) is 17.2. The smallest absolute Gasteiger partial charge is 0.420 e. The number of hydrogen-bond donors (Lipinski definition) is 1. The molecule has 0 aliphatic rings. The summed E-state index contributed by atoms with van der Waals surface area (Å²) < 4.78 is 46.1. The number of hydrogen-bond acceptors (Lipinski definition) is 5. The van der Waals surface area contributed by atoms with Crippen molar-refractivity contribution in [2.45, 2.75) is 38.8 Å². The average Bonchev–Trinajstić information content (AvgIpc) is 3.22. The number of anilines is 2. The van der Waals surface area contributed by atoms with E-state index in [0.717, 1.165) is 30.9 Å². The lowest BCUT2D eigenvalue weighted by Gasteiger charge is -2.15. The van der Waals surface area contributed by atoms with E-state index in [4.69, 9.17) is 4.74 Å². The number of allylic oxidation sites excluding steroid dienone is 1. The van der Waals surface area contributed by atoms with Gasteiger partial charge in [-0.2, -0.15) is 13.2 Å². The summed E-state index contributed by atoms with van der Waals surface area (Å²) in [4.78, 5) is 8.48. The largest absolute Gasteiger partial charge is 0.493 e. The van der Waals surface area contributed by atoms with Gasteiger partial charge in [0.2, 0.25) is 0 Å². The highest BCUT2D eigenvalue weighted by atomic mass is 32.1. The van der Waals surface area contributed by atoms with E-state index in [-0.39, 0.29) is 12.4 Å². The number of pyridine rings is 1. The maximum atomic E-state index is 13.6. The monoisotopic (exact) mass is 447 g/mol. The van der Waals surface area contributed by atoms with E-state index in [1.807, 2.05) is 23.6 Å². The summed E-state index contributed by atoms with van der Waals surface area (Å²) in [5, 5.41) is 5.28. The molecule has 31 heavy (non-hydrogen) atoms. The highest BCUT2D eigenvalue weighted by Gasteiger charge is 2.34. The molecule has 0 unspecified atom stereocenters. The van der Waals surface area contributed by atoms with Crippen LogP contribution in [0, 0.1) is 0 Å². The Bertz CT molecular complexity index is 987. The summed E-state index contributed by atoms with van der Waals surface area (Å²) in [5.41, 5.74) is 1.04. The van der Waals surface area contributed by atoms with Crippen molar-refractivity contribution in [1.29, 1.82) is 0 Å². The molecule has 0 amide bonds. The fourth-order valence-electron chi connectivity index (χ4n) is 2.85. The molecule has 0 bridgehead atoms. The second-order valence-electron chi connectivity index (χ2n) is 6.86. The lowest BCUT2D eigenvalue weighted by molar-refractivity contribution is -0.138. The lowest BCUT2D eigenvalue weighted by Crippen LogP contribution is -2.10. The molecule has 3 aromatic rings. The van der Waals surface area contributed by atoms with Crippen LogP contribution in [0.5, 0.6) is 5.75 Å². The first-order valence-corrected chi connectivity index (χ1v) is 11.0. The van der Waals surface area contributed by atoms with Gasteiger partial charge in [-0.25, -0.2) is 4.98 Å². The summed E-state index contributed by atoms with van der Waals surface area (Å²) in [6.45, 7) is 2.31. The quantitative estimate of drug-likeness (QED) is 0.258. The molecule has 0 atom stereocenters. The fourth-order valence-corrected chi connectivity index (χ4v) is 3.59. The van der Waals surface area contributed by atoms with Crippen LogP contribution in [0.3, 0.4) is 0 Å². The van der Waals surface area contributed by atoms with Crippen molar-refractivity contribution in [2.75, 3.05) is 11.9 Å². The van der Waals surface area contributed by atoms with Crippen LogP contribution in [0.15, 0.2) is 60.3 Å². The first-order valence-electron chi connectivity index (χ1n) is 10.1. The number of alkyl halides is 3. The molecule has 0 saturated heterocycles. The fraction of sp³-hybridized carbons (Fsp3) is 0.304. The van der Waals surface area contributed by atoms with Gasteiger partial charge >= 0.3 is 6.18 Å². The van der Waals surface area contributed by atoms with Gasteiger partial charge in [0.05, 0.1) is 17.9 Å². The first-order chi connectivity index (χ1) is 15.0. The van der Waals surface area contributed by atoms with Crippen molar-refractivity contribution in [3.63, 3.8) is 0 Å². The van der Waals surface area contributed by atoms with Crippen LogP contribution < -0.4 is 10.1 Å². The van der Waals surface area contributed by atoms with Gasteiger partial charge in [0, 0.05) is 29.0 Å². The third-order valence-corrected chi connectivity index (χ3v) is 5.19. The Kier molecular flexibility index (Phi) is 8.06. The van der Waals surface area contributed by atoms with Gasteiger partial charge < -0.3 is 10.1 Å². The Labute approximate surface area is 183 Å². The number of nitrogens with one attached hydrogen (secondary N) is 1. The number of ether oxygens (including phenoxy) is 1. The number of rotatable bonds is 10. The number of unbranched alkanes of at least 4 members (excludes halogenated alkanes) is 2. The van der Waals surface area contributed by atoms with Crippen molar-refractivity contribution in [3.05, 3.63) is 65.8 Å². The second-order valence-corrected chi connectivity index (χ2v) is 7.72. The summed E-state index contributed by atoms with van der Waals surface area (Å²) >= 11 is 1.31. The van der Waals surface area contributed by atoms with E-state index < -0.39 is 11.7 Å². The van der Waals surface area contributed by atoms with E-state index in [1.54, 1.807) is 24.5 Å². The Hall–Kier alpha value is -2.87. The van der Waals surface area contributed by atoms with Crippen LogP contribution in [0.25, 0.3) is 11.3 Å². The van der Waals surface area contributed by atoms with Crippen molar-refractivity contribution < 1.29 is 17.9 Å². The van der Waals surface area contributed by atoms with Gasteiger partial charge in [0.25, 0.3) is 0 Å². The molecule has 8 heteroatoms. The van der Waals surface area contributed by atoms with Gasteiger partial charge in [-0.15, -0.1) is 11.3 Å². The molecule has 0 radical (unpaired) electrons. The third kappa shape index (κ3) is 6.82. The van der Waals surface area contributed by atoms with E-state index in [0.29, 0.717) is 22.9 Å². The summed E-state index contributed by atoms with van der Waals surface area (Å²) in [6.07, 6.45) is 6.58. The van der Waals surface area contributed by atoms with E-state index >= 15 is 0 Å². The molecule has 2 aromatic heterocycles. The number of halogens is 3. The second kappa shape index (κ2) is 10.9. The van der Waals surface area contributed by atoms with Gasteiger partial charge in [-0.1, -0.05) is 31.9 Å². The minimum Gasteiger partial charge on any atom is -0.493 e. The van der Waals surface area contributed by atoms with Crippen LogP contribution in [0.2, 0.25) is 0 Å². The Morgan fingerprint density at radius 2 is 2.00 bits per heavy atom. The Morgan fingerprint density at radius 3 is 2.74 bits per heavy atom. The van der Waals surface area contributed by atoms with E-state index in [1.165, 1.54) is 17.4 Å². The van der Waals surface area contributed by atoms with Crippen LogP contribution in [0.1, 0.15) is 38.2 Å². The molecule has 2 heterocycles. The predicted molar refractivity (Wildman–Crippen MR) is 119 cm³/mol. The van der Waals surface area contributed by atoms with Crippen LogP contribution in [-0.4, -0.2) is 16.6 Å². The zero-order valence-corrected chi connectivity index (χ0v) is 18.0. The Balaban J connectivity index is 1.67. The summed E-state index contributed by atoms with van der Waals surface area (Å²) in [5.74, 6) is -0.171. The van der Waals surface area contributed by atoms with Crippen molar-refractivity contribution in [2.24, 2.45) is 0 Å². The molecular weight excluding hydrogens is 423 g/mol. The van der Waals surface area contributed by atoms with Crippen molar-refractivity contribution in [3.8, 4) is 17.0 Å². The molecule has 0 saturated carbocycles. The summed E-state index contributed by atoms with van der Waals surface area (Å²) in [7, 11) is 0. The predicted octanol–water partition coefficient (Wildman–Crippen LogP) is 7.48. The lowest BCUT2D eigenvalue weighted by atomic mass is 10.1. The maximum Gasteiger partial charge on any atom is 0.420 e. The number of benzene rings is 1. The zero-order chi connectivity index (χ0) is 22.1. The van der Waals surface area contributed by atoms with Gasteiger partial charge in [-0.05, 0) is 43.2 Å². The average molecular weight is 448 g/mol. The Morgan fingerprint density at radius 1 is 1.16 bits per heavy atom. The number of thiazole rings is 1. The number of aromatic nitrogens is 2. The maximum absolute atomic E-state index is 13.6. The molecule has 1 aromatic carbocycles. The molecule has 1 N–H and O–H groups in total. The minimum absolute atomic E-state index is 0.171. The molecule has 0 spiro atoms. The van der Waals surface area contributed by atoms with Crippen molar-refractivity contribution >= 4 is 22.2 Å². The molecular formula is C23H24F3N3OS. The van der Waals surface area contributed by atoms with E-state index in [9.17, 15) is 13.2 Å². The molecule has 0 fully saturated rings. The summed E-state index contributed by atoms with van der Waals surface area (Å²) in [6, 6.07) is 7.64. The number of nitrogens with zero attached hydrogens (tertiary/aromatic N) is 2. The van der Waals surface area contributed by atoms with Crippen LogP contribution >= 0.6 is 11.3 Å². The highest BCUT2D eigenvalue weighted by molar-refractivity contribution is 7.14. The normalized spacial score (nSPS) is 11.7. The standard InChI is InChI=1S/C23H24F3N3OS/c1-2-3-4-5-6-7-13-30-21-11-10-18(14-19(21)23(24,25)26)28-22-29-20(16-31-22)17-9-8-12-27-15-17/h5-6,8-12,14-16H,2-4,7,13H2,1H3,(H,28,29). The van der Waals surface area contributed by atoms with Crippen LogP contribution in [0.4, 0.5) is 24.0 Å². The van der Waals surface area contributed by atoms with E-state index in [2.05, 4.69) is 22.2 Å². The molecule has 0 aliphatic heterocycles. The van der Waals surface area contributed by atoms with Crippen LogP contribution in [-0.2, 0) is 6.18 Å². The first kappa shape index (κ1) is 22.8. The molecule has 0 aliphatic carbocycles. The topological polar surface area (TPSA) is 47.0 Å². The van der Waals surface area contributed by atoms with Crippen molar-refractivity contribution in [1.82, 2.24) is 9.97 Å². The molecule has 4 nitrogen and oxygen atoms in total. The SMILES string of the molecule is CCCCC=CCCOc1ccc(Nc2nc(-c3cccnc3)cs2)cc1C(F)(F)F. The minimum atomic E-state index is -4.52. The highest BCUT2D eigenvalue weighted by Crippen LogP contribution is 2.39. The van der Waals surface area contributed by atoms with Gasteiger partial charge in [0.15, 0.2) is 5.13 Å². The molecule has 164 valence electrons. The third-order valence-electron chi connectivity index (χ3n) is 4.43. The van der Waals surface area contributed by atoms with Gasteiger partial charge in [-0.3, -0.25) is 4.98 Å². The molecule has 3 rings (SSSR count).